The highest BCUT2D eigenvalue weighted by Crippen LogP contribution is 2.36. The van der Waals surface area contributed by atoms with Gasteiger partial charge in [-0.2, -0.15) is 0 Å². The van der Waals surface area contributed by atoms with E-state index in [1.54, 1.807) is 25.5 Å². The number of thiazole rings is 1. The Morgan fingerprint density at radius 2 is 1.65 bits per heavy atom. The van der Waals surface area contributed by atoms with Gasteiger partial charge in [-0.3, -0.25) is 9.36 Å². The second-order valence-electron chi connectivity index (χ2n) is 11.3. The predicted octanol–water partition coefficient (Wildman–Crippen LogP) is 7.30. The number of hydrogen-bond donors (Lipinski definition) is 0. The van der Waals surface area contributed by atoms with Crippen LogP contribution < -0.4 is 24.4 Å². The van der Waals surface area contributed by atoms with Gasteiger partial charge in [0.05, 0.1) is 39.1 Å². The first-order chi connectivity index (χ1) is 23.4. The summed E-state index contributed by atoms with van der Waals surface area (Å²) in [6, 6.07) is 31.5. The van der Waals surface area contributed by atoms with E-state index in [4.69, 9.17) is 19.2 Å². The zero-order valence-corrected chi connectivity index (χ0v) is 29.5. The fraction of sp³-hybridized carbons (Fsp3) is 0.154. The number of rotatable bonds is 8. The lowest BCUT2D eigenvalue weighted by Gasteiger charge is -2.25. The topological polar surface area (TPSA) is 79.1 Å². The lowest BCUT2D eigenvalue weighted by Crippen LogP contribution is -2.40. The lowest BCUT2D eigenvalue weighted by molar-refractivity contribution is -0.139. The Balaban J connectivity index is 1.31. The maximum atomic E-state index is 14.3. The minimum absolute atomic E-state index is 0.213. The van der Waals surface area contributed by atoms with Crippen LogP contribution in [0.5, 0.6) is 11.5 Å². The predicted molar refractivity (Wildman–Crippen MR) is 198 cm³/mol. The first kappa shape index (κ1) is 31.8. The van der Waals surface area contributed by atoms with Crippen LogP contribution in [0.15, 0.2) is 118 Å². The van der Waals surface area contributed by atoms with Crippen LogP contribution in [-0.4, -0.2) is 24.3 Å². The highest BCUT2D eigenvalue weighted by atomic mass is 127. The Kier molecular flexibility index (Phi) is 8.89. The van der Waals surface area contributed by atoms with Crippen molar-refractivity contribution >= 4 is 67.5 Å². The molecule has 1 atom stereocenters. The molecule has 0 radical (unpaired) electrons. The van der Waals surface area contributed by atoms with E-state index in [0.29, 0.717) is 38.7 Å². The Labute approximate surface area is 294 Å². The molecule has 0 fully saturated rings. The van der Waals surface area contributed by atoms with Crippen LogP contribution in [0, 0.1) is 3.57 Å². The quantitative estimate of drug-likeness (QED) is 0.120. The number of ether oxygens (including phenoxy) is 3. The van der Waals surface area contributed by atoms with Crippen LogP contribution in [0.3, 0.4) is 0 Å². The molecular weight excluding hydrogens is 735 g/mol. The Morgan fingerprint density at radius 3 is 2.40 bits per heavy atom. The third-order valence-corrected chi connectivity index (χ3v) is 10.2. The molecule has 48 heavy (non-hydrogen) atoms. The van der Waals surface area contributed by atoms with Crippen molar-refractivity contribution < 1.29 is 19.0 Å². The molecule has 0 spiro atoms. The lowest BCUT2D eigenvalue weighted by atomic mass is 9.91. The van der Waals surface area contributed by atoms with Crippen LogP contribution in [0.2, 0.25) is 0 Å². The standard InChI is InChI=1S/C39H31IN2O5S/c1-4-46-38(44)34-23(2)41-39-42(35(34)30-18-10-14-26-12-6-8-17-29(26)30)37(43)33(48-39)21-24-19-31(40)36(32(20-24)45-3)47-22-27-15-9-13-25-11-5-7-16-28(25)27/h5-21,35H,4,22H2,1-3H3/b33-21+/t35-/m0/s1. The average molecular weight is 767 g/mol. The van der Waals surface area contributed by atoms with Gasteiger partial charge in [0, 0.05) is 0 Å². The van der Waals surface area contributed by atoms with Gasteiger partial charge in [-0.1, -0.05) is 96.3 Å². The molecule has 0 aliphatic carbocycles. The van der Waals surface area contributed by atoms with E-state index >= 15 is 0 Å². The number of carbonyl (C=O) groups is 1. The zero-order valence-electron chi connectivity index (χ0n) is 26.5. The van der Waals surface area contributed by atoms with E-state index in [9.17, 15) is 9.59 Å². The Hall–Kier alpha value is -4.74. The van der Waals surface area contributed by atoms with Crippen LogP contribution in [0.25, 0.3) is 27.6 Å². The highest BCUT2D eigenvalue weighted by Gasteiger charge is 2.34. The van der Waals surface area contributed by atoms with E-state index in [1.165, 1.54) is 11.3 Å². The van der Waals surface area contributed by atoms with Gasteiger partial charge >= 0.3 is 5.97 Å². The smallest absolute Gasteiger partial charge is 0.338 e. The monoisotopic (exact) mass is 766 g/mol. The molecule has 0 N–H and O–H groups in total. The maximum Gasteiger partial charge on any atom is 0.338 e. The first-order valence-corrected chi connectivity index (χ1v) is 17.4. The van der Waals surface area contributed by atoms with Crippen LogP contribution in [-0.2, 0) is 16.1 Å². The molecule has 0 saturated heterocycles. The van der Waals surface area contributed by atoms with Crippen molar-refractivity contribution in [1.29, 1.82) is 0 Å². The number of hydrogen-bond acceptors (Lipinski definition) is 7. The summed E-state index contributed by atoms with van der Waals surface area (Å²) >= 11 is 3.53. The van der Waals surface area contributed by atoms with Gasteiger partial charge in [-0.15, -0.1) is 0 Å². The molecule has 1 aromatic heterocycles. The first-order valence-electron chi connectivity index (χ1n) is 15.5. The van der Waals surface area contributed by atoms with E-state index in [2.05, 4.69) is 46.9 Å². The van der Waals surface area contributed by atoms with E-state index in [-0.39, 0.29) is 12.2 Å². The van der Waals surface area contributed by atoms with Gasteiger partial charge in [0.15, 0.2) is 16.3 Å². The Morgan fingerprint density at radius 1 is 0.958 bits per heavy atom. The zero-order chi connectivity index (χ0) is 33.4. The molecule has 0 bridgehead atoms. The van der Waals surface area contributed by atoms with Crippen molar-refractivity contribution in [3.05, 3.63) is 148 Å². The molecule has 0 saturated carbocycles. The third-order valence-electron chi connectivity index (χ3n) is 8.44. The number of aromatic nitrogens is 1. The minimum Gasteiger partial charge on any atom is -0.493 e. The van der Waals surface area contributed by atoms with E-state index in [0.717, 1.165) is 41.8 Å². The summed E-state index contributed by atoms with van der Waals surface area (Å²) in [5.74, 6) is 0.717. The van der Waals surface area contributed by atoms with Crippen molar-refractivity contribution in [2.75, 3.05) is 13.7 Å². The fourth-order valence-corrected chi connectivity index (χ4v) is 8.09. The second-order valence-corrected chi connectivity index (χ2v) is 13.5. The van der Waals surface area contributed by atoms with E-state index in [1.807, 2.05) is 78.9 Å². The van der Waals surface area contributed by atoms with Crippen LogP contribution >= 0.6 is 33.9 Å². The molecule has 7 rings (SSSR count). The van der Waals surface area contributed by atoms with Gasteiger partial charge in [0.25, 0.3) is 5.56 Å². The van der Waals surface area contributed by atoms with Gasteiger partial charge in [-0.25, -0.2) is 9.79 Å². The third kappa shape index (κ3) is 5.81. The van der Waals surface area contributed by atoms with Crippen molar-refractivity contribution in [2.45, 2.75) is 26.5 Å². The average Bonchev–Trinajstić information content (AvgIpc) is 3.40. The second kappa shape index (κ2) is 13.4. The molecule has 240 valence electrons. The fourth-order valence-electron chi connectivity index (χ4n) is 6.26. The molecule has 5 aromatic carbocycles. The van der Waals surface area contributed by atoms with Crippen molar-refractivity contribution in [2.24, 2.45) is 4.99 Å². The van der Waals surface area contributed by atoms with Gasteiger partial charge in [-0.05, 0) is 92.9 Å². The van der Waals surface area contributed by atoms with Crippen LogP contribution in [0.1, 0.15) is 36.6 Å². The normalized spacial score (nSPS) is 14.6. The summed E-state index contributed by atoms with van der Waals surface area (Å²) in [5.41, 5.74) is 3.34. The summed E-state index contributed by atoms with van der Waals surface area (Å²) in [6.07, 6.45) is 1.84. The van der Waals surface area contributed by atoms with Gasteiger partial charge in [0.2, 0.25) is 0 Å². The number of nitrogens with zero attached hydrogens (tertiary/aromatic N) is 2. The number of allylic oxidation sites excluding steroid dienone is 1. The summed E-state index contributed by atoms with van der Waals surface area (Å²) < 4.78 is 20.6. The summed E-state index contributed by atoms with van der Waals surface area (Å²) in [6.45, 7) is 4.16. The molecule has 1 aliphatic heterocycles. The minimum atomic E-state index is -0.701. The number of methoxy groups -OCH3 is 1. The molecule has 1 aliphatic rings. The number of benzene rings is 5. The number of fused-ring (bicyclic) bond motifs is 3. The molecule has 6 aromatic rings. The maximum absolute atomic E-state index is 14.3. The number of halogens is 1. The van der Waals surface area contributed by atoms with Crippen molar-refractivity contribution in [3.63, 3.8) is 0 Å². The summed E-state index contributed by atoms with van der Waals surface area (Å²) in [5, 5.41) is 4.27. The summed E-state index contributed by atoms with van der Waals surface area (Å²) in [7, 11) is 1.61. The van der Waals surface area contributed by atoms with Gasteiger partial charge in [0.1, 0.15) is 6.61 Å². The summed E-state index contributed by atoms with van der Waals surface area (Å²) in [4.78, 5) is 33.0. The largest absolute Gasteiger partial charge is 0.493 e. The van der Waals surface area contributed by atoms with Gasteiger partial charge < -0.3 is 14.2 Å². The van der Waals surface area contributed by atoms with E-state index < -0.39 is 12.0 Å². The molecule has 0 amide bonds. The Bertz CT molecular complexity index is 2430. The number of esters is 1. The molecule has 2 heterocycles. The van der Waals surface area contributed by atoms with Crippen molar-refractivity contribution in [1.82, 2.24) is 4.57 Å². The van der Waals surface area contributed by atoms with Crippen LogP contribution in [0.4, 0.5) is 0 Å². The SMILES string of the molecule is CCOC(=O)C1=C(C)N=c2s/c(=C/c3cc(I)c(OCc4cccc5ccccc45)c(OC)c3)c(=O)n2[C@H]1c1cccc2ccccc12. The highest BCUT2D eigenvalue weighted by molar-refractivity contribution is 14.1. The molecule has 7 nitrogen and oxygen atoms in total. The molecule has 0 unspecified atom stereocenters. The molecular formula is C39H31IN2O5S. The van der Waals surface area contributed by atoms with Crippen molar-refractivity contribution in [3.8, 4) is 11.5 Å². The number of carbonyl (C=O) groups excluding carboxylic acids is 1. The molecule has 9 heteroatoms.